The molecule has 1 aliphatic heterocycles. The lowest BCUT2D eigenvalue weighted by Crippen LogP contribution is -2.24. The lowest BCUT2D eigenvalue weighted by atomic mass is 10.2. The van der Waals surface area contributed by atoms with E-state index in [1.807, 2.05) is 0 Å². The molecule has 0 saturated heterocycles. The summed E-state index contributed by atoms with van der Waals surface area (Å²) in [5, 5.41) is 0. The predicted molar refractivity (Wildman–Crippen MR) is 44.5 cm³/mol. The minimum atomic E-state index is -0.777. The van der Waals surface area contributed by atoms with Crippen LogP contribution in [0.4, 0.5) is 0 Å². The number of ketones is 1. The zero-order valence-electron chi connectivity index (χ0n) is 7.23. The van der Waals surface area contributed by atoms with E-state index in [1.165, 1.54) is 12.3 Å². The summed E-state index contributed by atoms with van der Waals surface area (Å²) >= 11 is 0. The van der Waals surface area contributed by atoms with E-state index in [-0.39, 0.29) is 12.2 Å². The molecule has 70 valence electrons. The molecule has 0 radical (unpaired) electrons. The maximum atomic E-state index is 11.0. The van der Waals surface area contributed by atoms with Gasteiger partial charge in [0.25, 0.3) is 6.29 Å². The van der Waals surface area contributed by atoms with Crippen LogP contribution in [-0.4, -0.2) is 18.0 Å². The molecule has 0 aromatic carbocycles. The van der Waals surface area contributed by atoms with Gasteiger partial charge in [-0.2, -0.15) is 0 Å². The molecule has 1 aliphatic rings. The van der Waals surface area contributed by atoms with Gasteiger partial charge < -0.3 is 9.47 Å². The first kappa shape index (κ1) is 9.51. The normalized spacial score (nSPS) is 21.3. The fourth-order valence-electron chi connectivity index (χ4n) is 0.887. The molecule has 0 saturated carbocycles. The van der Waals surface area contributed by atoms with Crippen LogP contribution in [0.2, 0.25) is 0 Å². The molecule has 13 heavy (non-hydrogen) atoms. The highest BCUT2D eigenvalue weighted by atomic mass is 16.7. The number of cyclic esters (lactones) is 1. The van der Waals surface area contributed by atoms with E-state index in [9.17, 15) is 9.59 Å². The highest BCUT2D eigenvalue weighted by Crippen LogP contribution is 2.08. The van der Waals surface area contributed by atoms with E-state index in [2.05, 4.69) is 0 Å². The van der Waals surface area contributed by atoms with Crippen molar-refractivity contribution >= 4 is 11.8 Å². The van der Waals surface area contributed by atoms with E-state index >= 15 is 0 Å². The van der Waals surface area contributed by atoms with Gasteiger partial charge in [0, 0.05) is 0 Å². The molecule has 4 heteroatoms. The SMILES string of the molecule is C/C=C/C(=O)CC1OC=CC(=O)O1. The highest BCUT2D eigenvalue weighted by Gasteiger charge is 2.19. The van der Waals surface area contributed by atoms with E-state index < -0.39 is 12.3 Å². The zero-order chi connectivity index (χ0) is 9.68. The number of esters is 1. The van der Waals surface area contributed by atoms with Crippen LogP contribution in [0.25, 0.3) is 0 Å². The molecule has 1 atom stereocenters. The summed E-state index contributed by atoms with van der Waals surface area (Å²) in [5.74, 6) is -0.611. The third-order valence-electron chi connectivity index (χ3n) is 1.40. The molecular weight excluding hydrogens is 172 g/mol. The smallest absolute Gasteiger partial charge is 0.336 e. The monoisotopic (exact) mass is 182 g/mol. The largest absolute Gasteiger partial charge is 0.462 e. The van der Waals surface area contributed by atoms with Crippen molar-refractivity contribution in [3.8, 4) is 0 Å². The van der Waals surface area contributed by atoms with E-state index in [1.54, 1.807) is 13.0 Å². The second-order valence-corrected chi connectivity index (χ2v) is 2.48. The minimum Gasteiger partial charge on any atom is -0.462 e. The van der Waals surface area contributed by atoms with E-state index in [0.717, 1.165) is 6.08 Å². The number of hydrogen-bond acceptors (Lipinski definition) is 4. The number of allylic oxidation sites excluding steroid dienone is 2. The molecular formula is C9H10O4. The molecule has 0 amide bonds. The van der Waals surface area contributed by atoms with Crippen molar-refractivity contribution in [2.24, 2.45) is 0 Å². The van der Waals surface area contributed by atoms with Crippen LogP contribution in [0.3, 0.4) is 0 Å². The van der Waals surface area contributed by atoms with Crippen molar-refractivity contribution in [1.29, 1.82) is 0 Å². The maximum absolute atomic E-state index is 11.0. The molecule has 1 rings (SSSR count). The molecule has 4 nitrogen and oxygen atoms in total. The zero-order valence-corrected chi connectivity index (χ0v) is 7.23. The van der Waals surface area contributed by atoms with Crippen molar-refractivity contribution in [3.63, 3.8) is 0 Å². The van der Waals surface area contributed by atoms with Crippen molar-refractivity contribution in [2.75, 3.05) is 0 Å². The number of carbonyl (C=O) groups is 2. The van der Waals surface area contributed by atoms with Crippen LogP contribution in [0.1, 0.15) is 13.3 Å². The summed E-state index contributed by atoms with van der Waals surface area (Å²) in [6.45, 7) is 1.74. The Hall–Kier alpha value is -1.58. The molecule has 1 unspecified atom stereocenters. The Balaban J connectivity index is 2.42. The lowest BCUT2D eigenvalue weighted by Gasteiger charge is -2.17. The molecule has 0 aromatic heterocycles. The minimum absolute atomic E-state index is 0.0560. The van der Waals surface area contributed by atoms with Gasteiger partial charge in [-0.15, -0.1) is 0 Å². The van der Waals surface area contributed by atoms with E-state index in [4.69, 9.17) is 9.47 Å². The molecule has 0 spiro atoms. The third kappa shape index (κ3) is 3.11. The average molecular weight is 182 g/mol. The van der Waals surface area contributed by atoms with Gasteiger partial charge in [-0.05, 0) is 13.0 Å². The Labute approximate surface area is 75.8 Å². The summed E-state index contributed by atoms with van der Waals surface area (Å²) < 4.78 is 9.59. The van der Waals surface area contributed by atoms with Crippen molar-refractivity contribution in [3.05, 3.63) is 24.5 Å². The van der Waals surface area contributed by atoms with Crippen LogP contribution < -0.4 is 0 Å². The Kier molecular flexibility index (Phi) is 3.25. The average Bonchev–Trinajstić information content (AvgIpc) is 2.04. The van der Waals surface area contributed by atoms with Crippen LogP contribution >= 0.6 is 0 Å². The number of carbonyl (C=O) groups excluding carboxylic acids is 2. The highest BCUT2D eigenvalue weighted by molar-refractivity contribution is 5.90. The number of ether oxygens (including phenoxy) is 2. The van der Waals surface area contributed by atoms with Gasteiger partial charge in [-0.25, -0.2) is 4.79 Å². The third-order valence-corrected chi connectivity index (χ3v) is 1.40. The topological polar surface area (TPSA) is 52.6 Å². The first-order valence-electron chi connectivity index (χ1n) is 3.90. The molecule has 0 bridgehead atoms. The quantitative estimate of drug-likeness (QED) is 0.481. The summed E-state index contributed by atoms with van der Waals surface area (Å²) in [5.41, 5.74) is 0. The molecule has 1 heterocycles. The van der Waals surface area contributed by atoms with Gasteiger partial charge in [0.2, 0.25) is 0 Å². The van der Waals surface area contributed by atoms with E-state index in [0.29, 0.717) is 0 Å². The molecule has 0 aromatic rings. The fraction of sp³-hybridized carbons (Fsp3) is 0.333. The van der Waals surface area contributed by atoms with Crippen LogP contribution in [0.15, 0.2) is 24.5 Å². The predicted octanol–water partition coefficient (Wildman–Crippen LogP) is 0.935. The van der Waals surface area contributed by atoms with Crippen molar-refractivity contribution in [1.82, 2.24) is 0 Å². The lowest BCUT2D eigenvalue weighted by molar-refractivity contribution is -0.170. The second kappa shape index (κ2) is 4.45. The number of rotatable bonds is 3. The summed E-state index contributed by atoms with van der Waals surface area (Å²) in [6.07, 6.45) is 4.72. The molecule has 0 N–H and O–H groups in total. The van der Waals surface area contributed by atoms with Crippen LogP contribution in [0.5, 0.6) is 0 Å². The van der Waals surface area contributed by atoms with Gasteiger partial charge in [-0.1, -0.05) is 6.08 Å². The molecule has 0 fully saturated rings. The Morgan fingerprint density at radius 1 is 1.69 bits per heavy atom. The van der Waals surface area contributed by atoms with Gasteiger partial charge in [-0.3, -0.25) is 4.79 Å². The Morgan fingerprint density at radius 2 is 2.46 bits per heavy atom. The van der Waals surface area contributed by atoms with Crippen LogP contribution in [0, 0.1) is 0 Å². The second-order valence-electron chi connectivity index (χ2n) is 2.48. The first-order valence-corrected chi connectivity index (χ1v) is 3.90. The fourth-order valence-corrected chi connectivity index (χ4v) is 0.887. The van der Waals surface area contributed by atoms with Crippen LogP contribution in [-0.2, 0) is 19.1 Å². The number of hydrogen-bond donors (Lipinski definition) is 0. The standard InChI is InChI=1S/C9H10O4/c1-2-3-7(10)6-9-12-5-4-8(11)13-9/h2-5,9H,6H2,1H3/b3-2+. The first-order chi connectivity index (χ1) is 6.22. The Morgan fingerprint density at radius 3 is 3.08 bits per heavy atom. The van der Waals surface area contributed by atoms with Crippen molar-refractivity contribution in [2.45, 2.75) is 19.6 Å². The van der Waals surface area contributed by atoms with Crippen molar-refractivity contribution < 1.29 is 19.1 Å². The van der Waals surface area contributed by atoms with Gasteiger partial charge >= 0.3 is 5.97 Å². The Bertz CT molecular complexity index is 265. The summed E-state index contributed by atoms with van der Waals surface area (Å²) in [4.78, 5) is 21.7. The van der Waals surface area contributed by atoms with Gasteiger partial charge in [0.05, 0.1) is 18.8 Å². The maximum Gasteiger partial charge on any atom is 0.336 e. The summed E-state index contributed by atoms with van der Waals surface area (Å²) in [7, 11) is 0. The van der Waals surface area contributed by atoms with Gasteiger partial charge in [0.15, 0.2) is 5.78 Å². The van der Waals surface area contributed by atoms with Gasteiger partial charge in [0.1, 0.15) is 0 Å². The summed E-state index contributed by atoms with van der Waals surface area (Å²) in [6, 6.07) is 0. The molecule has 0 aliphatic carbocycles.